The molecule has 146 valence electrons. The molecule has 1 aromatic carbocycles. The third-order valence-corrected chi connectivity index (χ3v) is 4.95. The van der Waals surface area contributed by atoms with Gasteiger partial charge in [-0.05, 0) is 52.3 Å². The molecule has 1 aliphatic carbocycles. The van der Waals surface area contributed by atoms with Crippen molar-refractivity contribution in [2.45, 2.75) is 45.6 Å². The molecular formula is C19H21Cl2NO5. The second-order valence-electron chi connectivity index (χ2n) is 7.90. The fourth-order valence-corrected chi connectivity index (χ4v) is 3.24. The van der Waals surface area contributed by atoms with Crippen molar-refractivity contribution in [2.24, 2.45) is 5.92 Å². The van der Waals surface area contributed by atoms with E-state index in [-0.39, 0.29) is 15.6 Å². The summed E-state index contributed by atoms with van der Waals surface area (Å²) in [6.45, 7) is 7.85. The van der Waals surface area contributed by atoms with E-state index in [2.05, 4.69) is 5.32 Å². The molecule has 0 radical (unpaired) electrons. The molecule has 1 unspecified atom stereocenters. The van der Waals surface area contributed by atoms with Gasteiger partial charge in [0.15, 0.2) is 17.5 Å². The van der Waals surface area contributed by atoms with Crippen LogP contribution in [0.2, 0.25) is 10.0 Å². The Morgan fingerprint density at radius 2 is 1.70 bits per heavy atom. The number of ketones is 2. The molecule has 8 heteroatoms. The van der Waals surface area contributed by atoms with Gasteiger partial charge in [-0.3, -0.25) is 19.2 Å². The van der Waals surface area contributed by atoms with Crippen LogP contribution < -0.4 is 5.32 Å². The predicted molar refractivity (Wildman–Crippen MR) is 101 cm³/mol. The normalized spacial score (nSPS) is 18.7. The van der Waals surface area contributed by atoms with Crippen LogP contribution in [0, 0.1) is 5.92 Å². The number of benzene rings is 1. The fraction of sp³-hybridized carbons (Fsp3) is 0.474. The molecule has 2 rings (SSSR count). The van der Waals surface area contributed by atoms with Crippen molar-refractivity contribution in [1.82, 2.24) is 5.32 Å². The van der Waals surface area contributed by atoms with Gasteiger partial charge in [0, 0.05) is 5.56 Å². The first kappa shape index (κ1) is 21.4. The van der Waals surface area contributed by atoms with E-state index in [0.29, 0.717) is 5.56 Å². The summed E-state index contributed by atoms with van der Waals surface area (Å²) in [5.74, 6) is -4.32. The van der Waals surface area contributed by atoms with Gasteiger partial charge >= 0.3 is 5.97 Å². The molecule has 0 saturated heterocycles. The Bertz CT molecular complexity index is 839. The minimum Gasteiger partial charge on any atom is -0.459 e. The van der Waals surface area contributed by atoms with E-state index in [0.717, 1.165) is 0 Å². The first-order valence-corrected chi connectivity index (χ1v) is 9.09. The van der Waals surface area contributed by atoms with Crippen LogP contribution >= 0.6 is 23.2 Å². The Kier molecular flexibility index (Phi) is 5.74. The predicted octanol–water partition coefficient (Wildman–Crippen LogP) is 3.11. The number of esters is 1. The molecule has 0 bridgehead atoms. The highest BCUT2D eigenvalue weighted by Gasteiger charge is 2.49. The third-order valence-electron chi connectivity index (χ3n) is 4.23. The molecule has 1 aromatic rings. The molecule has 6 nitrogen and oxygen atoms in total. The van der Waals surface area contributed by atoms with E-state index in [9.17, 15) is 19.2 Å². The Hall–Kier alpha value is -1.92. The van der Waals surface area contributed by atoms with Gasteiger partial charge in [0.1, 0.15) is 12.1 Å². The fourth-order valence-electron chi connectivity index (χ4n) is 2.91. The molecule has 0 aliphatic heterocycles. The number of fused-ring (bicyclic) bond motifs is 1. The lowest BCUT2D eigenvalue weighted by atomic mass is 9.66. The maximum absolute atomic E-state index is 12.9. The number of nitrogens with one attached hydrogen (secondary N) is 1. The highest BCUT2D eigenvalue weighted by Crippen LogP contribution is 2.40. The first-order valence-electron chi connectivity index (χ1n) is 8.33. The van der Waals surface area contributed by atoms with Gasteiger partial charge in [0.05, 0.1) is 15.5 Å². The quantitative estimate of drug-likeness (QED) is 0.607. The maximum Gasteiger partial charge on any atom is 0.325 e. The largest absolute Gasteiger partial charge is 0.459 e. The second-order valence-corrected chi connectivity index (χ2v) is 8.72. The number of halogens is 2. The van der Waals surface area contributed by atoms with Crippen LogP contribution in [0.25, 0.3) is 0 Å². The van der Waals surface area contributed by atoms with Gasteiger partial charge in [-0.1, -0.05) is 23.2 Å². The van der Waals surface area contributed by atoms with E-state index in [1.165, 1.54) is 12.1 Å². The molecule has 1 amide bonds. The number of hydrogen-bond acceptors (Lipinski definition) is 5. The minimum absolute atomic E-state index is 0.154. The lowest BCUT2D eigenvalue weighted by Crippen LogP contribution is -2.51. The zero-order chi connectivity index (χ0) is 20.7. The molecule has 1 aliphatic rings. The summed E-state index contributed by atoms with van der Waals surface area (Å²) < 4.78 is 5.10. The van der Waals surface area contributed by atoms with Crippen molar-refractivity contribution < 1.29 is 23.9 Å². The summed E-state index contributed by atoms with van der Waals surface area (Å²) in [4.78, 5) is 49.9. The van der Waals surface area contributed by atoms with Gasteiger partial charge in [-0.25, -0.2) is 0 Å². The van der Waals surface area contributed by atoms with Crippen LogP contribution in [-0.2, 0) is 24.5 Å². The smallest absolute Gasteiger partial charge is 0.325 e. The van der Waals surface area contributed by atoms with Crippen LogP contribution in [0.15, 0.2) is 12.1 Å². The van der Waals surface area contributed by atoms with Crippen molar-refractivity contribution in [2.75, 3.05) is 6.54 Å². The zero-order valence-electron chi connectivity index (χ0n) is 15.7. The van der Waals surface area contributed by atoms with Crippen molar-refractivity contribution >= 4 is 46.6 Å². The summed E-state index contributed by atoms with van der Waals surface area (Å²) in [5.41, 5.74) is -1.24. The van der Waals surface area contributed by atoms with Crippen LogP contribution in [0.5, 0.6) is 0 Å². The van der Waals surface area contributed by atoms with Crippen molar-refractivity contribution in [3.63, 3.8) is 0 Å². The standard InChI is InChI=1S/C19H21Cl2NO5/c1-18(2,3)27-13(23)8-22-17(26)14-15(24)9-6-11(20)12(21)7-10(9)19(4,5)16(14)25/h6-7,14H,8H2,1-5H3,(H,22,26). The lowest BCUT2D eigenvalue weighted by Gasteiger charge is -2.34. The number of Topliss-reactive ketones (excluding diaryl/α,β-unsaturated/α-hetero) is 2. The van der Waals surface area contributed by atoms with Gasteiger partial charge in [0.25, 0.3) is 0 Å². The highest BCUT2D eigenvalue weighted by atomic mass is 35.5. The van der Waals surface area contributed by atoms with Crippen LogP contribution in [0.3, 0.4) is 0 Å². The Balaban J connectivity index is 2.29. The molecule has 0 aromatic heterocycles. The summed E-state index contributed by atoms with van der Waals surface area (Å²) in [6.07, 6.45) is 0. The summed E-state index contributed by atoms with van der Waals surface area (Å²) >= 11 is 12.0. The monoisotopic (exact) mass is 413 g/mol. The average molecular weight is 414 g/mol. The molecule has 0 fully saturated rings. The molecule has 0 spiro atoms. The van der Waals surface area contributed by atoms with Gasteiger partial charge in [-0.2, -0.15) is 0 Å². The Morgan fingerprint density at radius 3 is 2.26 bits per heavy atom. The number of ether oxygens (including phenoxy) is 1. The topological polar surface area (TPSA) is 89.5 Å². The third kappa shape index (κ3) is 4.33. The molecule has 0 heterocycles. The van der Waals surface area contributed by atoms with Gasteiger partial charge < -0.3 is 10.1 Å². The zero-order valence-corrected chi connectivity index (χ0v) is 17.2. The molecule has 0 saturated carbocycles. The second kappa shape index (κ2) is 7.24. The molecule has 27 heavy (non-hydrogen) atoms. The van der Waals surface area contributed by atoms with E-state index >= 15 is 0 Å². The Morgan fingerprint density at radius 1 is 1.15 bits per heavy atom. The highest BCUT2D eigenvalue weighted by molar-refractivity contribution is 6.42. The lowest BCUT2D eigenvalue weighted by molar-refractivity contribution is -0.155. The van der Waals surface area contributed by atoms with E-state index in [1.54, 1.807) is 34.6 Å². The van der Waals surface area contributed by atoms with Crippen molar-refractivity contribution in [3.05, 3.63) is 33.3 Å². The average Bonchev–Trinajstić information content (AvgIpc) is 2.52. The van der Waals surface area contributed by atoms with Gasteiger partial charge in [0.2, 0.25) is 5.91 Å². The molecular weight excluding hydrogens is 393 g/mol. The molecule has 1 atom stereocenters. The SMILES string of the molecule is CC(C)(C)OC(=O)CNC(=O)C1C(=O)c2cc(Cl)c(Cl)cc2C(C)(C)C1=O. The van der Waals surface area contributed by atoms with Crippen molar-refractivity contribution in [1.29, 1.82) is 0 Å². The van der Waals surface area contributed by atoms with E-state index in [4.69, 9.17) is 27.9 Å². The molecule has 1 N–H and O–H groups in total. The summed E-state index contributed by atoms with van der Waals surface area (Å²) in [7, 11) is 0. The number of carbonyl (C=O) groups excluding carboxylic acids is 4. The summed E-state index contributed by atoms with van der Waals surface area (Å²) in [6, 6.07) is 2.84. The van der Waals surface area contributed by atoms with Crippen LogP contribution in [0.4, 0.5) is 0 Å². The summed E-state index contributed by atoms with van der Waals surface area (Å²) in [5, 5.41) is 2.69. The number of amides is 1. The number of rotatable bonds is 3. The van der Waals surface area contributed by atoms with Gasteiger partial charge in [-0.15, -0.1) is 0 Å². The number of hydrogen-bond donors (Lipinski definition) is 1. The minimum atomic E-state index is -1.56. The van der Waals surface area contributed by atoms with Crippen molar-refractivity contribution in [3.8, 4) is 0 Å². The van der Waals surface area contributed by atoms with Crippen LogP contribution in [-0.4, -0.2) is 35.6 Å². The van der Waals surface area contributed by atoms with E-state index in [1.807, 2.05) is 0 Å². The number of carbonyl (C=O) groups is 4. The maximum atomic E-state index is 12.9. The first-order chi connectivity index (χ1) is 12.3. The Labute approximate surface area is 167 Å². The van der Waals surface area contributed by atoms with E-state index < -0.39 is 46.9 Å². The van der Waals surface area contributed by atoms with Crippen LogP contribution in [0.1, 0.15) is 50.5 Å².